The molecule has 1 fully saturated rings. The van der Waals surface area contributed by atoms with Crippen molar-refractivity contribution in [1.29, 1.82) is 0 Å². The molecule has 0 aliphatic carbocycles. The van der Waals surface area contributed by atoms with Crippen LogP contribution in [0.2, 0.25) is 0 Å². The number of para-hydroxylation sites is 1. The second-order valence-corrected chi connectivity index (χ2v) is 9.21. The zero-order chi connectivity index (χ0) is 24.2. The smallest absolute Gasteiger partial charge is 0.286 e. The molecular formula is C27H26N4O3S. The maximum absolute atomic E-state index is 12.8. The van der Waals surface area contributed by atoms with Crippen LogP contribution in [0.25, 0.3) is 23.0 Å². The Labute approximate surface area is 208 Å². The molecule has 0 radical (unpaired) electrons. The highest BCUT2D eigenvalue weighted by molar-refractivity contribution is 8.18. The molecule has 0 spiro atoms. The first kappa shape index (κ1) is 23.1. The van der Waals surface area contributed by atoms with Gasteiger partial charge in [0.25, 0.3) is 5.91 Å². The summed E-state index contributed by atoms with van der Waals surface area (Å²) in [6, 6.07) is 15.9. The fraction of sp³-hybridized carbons (Fsp3) is 0.222. The van der Waals surface area contributed by atoms with Gasteiger partial charge < -0.3 is 14.4 Å². The highest BCUT2D eigenvalue weighted by Gasteiger charge is 2.28. The maximum Gasteiger partial charge on any atom is 0.286 e. The molecule has 0 bridgehead atoms. The summed E-state index contributed by atoms with van der Waals surface area (Å²) in [7, 11) is 0. The molecule has 1 aromatic heterocycles. The van der Waals surface area contributed by atoms with E-state index in [-0.39, 0.29) is 5.91 Å². The Morgan fingerprint density at radius 1 is 1.17 bits per heavy atom. The number of nitrogens with zero attached hydrogens (tertiary/aromatic N) is 4. The van der Waals surface area contributed by atoms with Crippen LogP contribution < -0.4 is 4.74 Å². The Balaban J connectivity index is 1.51. The van der Waals surface area contributed by atoms with Gasteiger partial charge in [-0.25, -0.2) is 4.68 Å². The van der Waals surface area contributed by atoms with Gasteiger partial charge in [-0.15, -0.1) is 0 Å². The van der Waals surface area contributed by atoms with Gasteiger partial charge in [-0.2, -0.15) is 10.1 Å². The molecule has 1 saturated heterocycles. The number of hydrogen-bond donors (Lipinski definition) is 0. The van der Waals surface area contributed by atoms with Gasteiger partial charge in [-0.3, -0.25) is 4.79 Å². The minimum Gasteiger partial charge on any atom is -0.490 e. The van der Waals surface area contributed by atoms with Crippen LogP contribution in [-0.2, 0) is 9.53 Å². The van der Waals surface area contributed by atoms with Gasteiger partial charge >= 0.3 is 0 Å². The number of carbonyl (C=O) groups is 1. The van der Waals surface area contributed by atoms with Crippen molar-refractivity contribution in [3.8, 4) is 22.7 Å². The molecule has 178 valence electrons. The summed E-state index contributed by atoms with van der Waals surface area (Å²) in [6.07, 6.45) is 5.58. The van der Waals surface area contributed by atoms with Crippen LogP contribution in [0.4, 0.5) is 0 Å². The molecule has 2 aliphatic heterocycles. The van der Waals surface area contributed by atoms with Crippen molar-refractivity contribution in [2.24, 2.45) is 4.99 Å². The third-order valence-electron chi connectivity index (χ3n) is 5.76. The predicted octanol–water partition coefficient (Wildman–Crippen LogP) is 4.72. The molecule has 2 aromatic carbocycles. The Morgan fingerprint density at radius 3 is 2.71 bits per heavy atom. The molecule has 7 nitrogen and oxygen atoms in total. The molecule has 3 heterocycles. The molecule has 2 aliphatic rings. The topological polar surface area (TPSA) is 68.9 Å². The summed E-state index contributed by atoms with van der Waals surface area (Å²) in [6.45, 7) is 8.95. The molecule has 8 heteroatoms. The predicted molar refractivity (Wildman–Crippen MR) is 140 cm³/mol. The fourth-order valence-electron chi connectivity index (χ4n) is 3.99. The lowest BCUT2D eigenvalue weighted by Crippen LogP contribution is -2.38. The number of rotatable bonds is 6. The number of thioether (sulfide) groups is 1. The molecule has 0 N–H and O–H groups in total. The van der Waals surface area contributed by atoms with E-state index >= 15 is 0 Å². The highest BCUT2D eigenvalue weighted by atomic mass is 32.2. The first-order valence-corrected chi connectivity index (χ1v) is 12.3. The van der Waals surface area contributed by atoms with Gasteiger partial charge in [0.2, 0.25) is 0 Å². The normalized spacial score (nSPS) is 17.1. The third kappa shape index (κ3) is 5.08. The highest BCUT2D eigenvalue weighted by Crippen LogP contribution is 2.35. The number of benzene rings is 2. The number of ether oxygens (including phenoxy) is 2. The zero-order valence-corrected chi connectivity index (χ0v) is 20.3. The van der Waals surface area contributed by atoms with Crippen LogP contribution in [0, 0.1) is 6.92 Å². The summed E-state index contributed by atoms with van der Waals surface area (Å²) >= 11 is 1.41. The molecular weight excluding hydrogens is 460 g/mol. The summed E-state index contributed by atoms with van der Waals surface area (Å²) < 4.78 is 13.0. The van der Waals surface area contributed by atoms with E-state index in [2.05, 4.69) is 16.5 Å². The van der Waals surface area contributed by atoms with Crippen molar-refractivity contribution in [2.45, 2.75) is 6.92 Å². The molecule has 0 unspecified atom stereocenters. The Morgan fingerprint density at radius 2 is 1.97 bits per heavy atom. The number of amidine groups is 1. The first-order chi connectivity index (χ1) is 17.1. The number of hydrogen-bond acceptors (Lipinski definition) is 6. The summed E-state index contributed by atoms with van der Waals surface area (Å²) in [5.74, 6) is 0.554. The molecule has 5 rings (SSSR count). The Bertz CT molecular complexity index is 1310. The van der Waals surface area contributed by atoms with Crippen molar-refractivity contribution in [2.75, 3.05) is 32.9 Å². The van der Waals surface area contributed by atoms with Crippen molar-refractivity contribution >= 4 is 28.9 Å². The molecule has 0 saturated carbocycles. The van der Waals surface area contributed by atoms with Crippen LogP contribution in [0.5, 0.6) is 5.75 Å². The van der Waals surface area contributed by atoms with Gasteiger partial charge in [-0.05, 0) is 60.7 Å². The second-order valence-electron chi connectivity index (χ2n) is 8.20. The van der Waals surface area contributed by atoms with Crippen molar-refractivity contribution in [1.82, 2.24) is 14.7 Å². The lowest BCUT2D eigenvalue weighted by Gasteiger charge is -2.27. The van der Waals surface area contributed by atoms with E-state index in [1.807, 2.05) is 72.4 Å². The number of morpholine rings is 1. The monoisotopic (exact) mass is 486 g/mol. The third-order valence-corrected chi connectivity index (χ3v) is 6.81. The number of amides is 1. The lowest BCUT2D eigenvalue weighted by atomic mass is 10.0. The van der Waals surface area contributed by atoms with Gasteiger partial charge in [0.15, 0.2) is 5.17 Å². The van der Waals surface area contributed by atoms with Crippen LogP contribution in [0.3, 0.4) is 0 Å². The van der Waals surface area contributed by atoms with E-state index in [0.29, 0.717) is 24.7 Å². The fourth-order valence-corrected chi connectivity index (χ4v) is 4.95. The van der Waals surface area contributed by atoms with Gasteiger partial charge in [0.1, 0.15) is 18.1 Å². The van der Waals surface area contributed by atoms with Crippen molar-refractivity contribution in [3.63, 3.8) is 0 Å². The summed E-state index contributed by atoms with van der Waals surface area (Å²) in [4.78, 5) is 19.8. The maximum atomic E-state index is 12.8. The van der Waals surface area contributed by atoms with E-state index in [4.69, 9.17) is 14.6 Å². The largest absolute Gasteiger partial charge is 0.490 e. The van der Waals surface area contributed by atoms with Gasteiger partial charge in [0, 0.05) is 30.4 Å². The minimum absolute atomic E-state index is 0.222. The number of aromatic nitrogens is 2. The number of aryl methyl sites for hydroxylation is 1. The quantitative estimate of drug-likeness (QED) is 0.371. The minimum atomic E-state index is -0.222. The van der Waals surface area contributed by atoms with Crippen molar-refractivity contribution < 1.29 is 14.3 Å². The second kappa shape index (κ2) is 10.3. The summed E-state index contributed by atoms with van der Waals surface area (Å²) in [5.41, 5.74) is 4.59. The SMILES string of the molecule is C=CCOc1ccc(-c2nn(-c3ccccc3)cc2/C=C2/SC(N3CCOCC3)=NC2=O)c(C)c1. The van der Waals surface area contributed by atoms with E-state index < -0.39 is 0 Å². The number of aliphatic imine (C=N–C) groups is 1. The van der Waals surface area contributed by atoms with Gasteiger partial charge in [-0.1, -0.05) is 30.9 Å². The molecule has 0 atom stereocenters. The van der Waals surface area contributed by atoms with Crippen LogP contribution in [0.15, 0.2) is 77.3 Å². The van der Waals surface area contributed by atoms with Crippen LogP contribution >= 0.6 is 11.8 Å². The molecule has 3 aromatic rings. The van der Waals surface area contributed by atoms with E-state index in [1.54, 1.807) is 6.08 Å². The zero-order valence-electron chi connectivity index (χ0n) is 19.5. The lowest BCUT2D eigenvalue weighted by molar-refractivity contribution is -0.113. The standard InChI is InChI=1S/C27H26N4O3S/c1-3-13-34-22-9-10-23(19(2)16-22)25-20(18-31(29-25)21-7-5-4-6-8-21)17-24-26(32)28-27(35-24)30-11-14-33-15-12-30/h3-10,16-18H,1,11-15H2,2H3/b24-17+. The Kier molecular flexibility index (Phi) is 6.83. The van der Waals surface area contributed by atoms with Gasteiger partial charge in [0.05, 0.1) is 23.8 Å². The average Bonchev–Trinajstić information content (AvgIpc) is 3.47. The Hall–Kier alpha value is -3.62. The average molecular weight is 487 g/mol. The number of carbonyl (C=O) groups excluding carboxylic acids is 1. The van der Waals surface area contributed by atoms with E-state index in [9.17, 15) is 4.79 Å². The van der Waals surface area contributed by atoms with Crippen LogP contribution in [0.1, 0.15) is 11.1 Å². The van der Waals surface area contributed by atoms with Crippen LogP contribution in [-0.4, -0.2) is 58.7 Å². The van der Waals surface area contributed by atoms with Crippen molar-refractivity contribution in [3.05, 3.63) is 83.4 Å². The molecule has 35 heavy (non-hydrogen) atoms. The van der Waals surface area contributed by atoms with E-state index in [0.717, 1.165) is 52.1 Å². The summed E-state index contributed by atoms with van der Waals surface area (Å²) in [5, 5.41) is 5.65. The van der Waals surface area contributed by atoms with E-state index in [1.165, 1.54) is 11.8 Å². The first-order valence-electron chi connectivity index (χ1n) is 11.5. The molecule has 1 amide bonds.